The van der Waals surface area contributed by atoms with Crippen molar-refractivity contribution in [2.45, 2.75) is 6.04 Å². The number of rotatable bonds is 5. The highest BCUT2D eigenvalue weighted by atomic mass is 35.5. The predicted octanol–water partition coefficient (Wildman–Crippen LogP) is 6.88. The van der Waals surface area contributed by atoms with Crippen LogP contribution in [-0.4, -0.2) is 19.5 Å². The number of H-pyrrole nitrogens is 1. The Kier molecular flexibility index (Phi) is 5.33. The summed E-state index contributed by atoms with van der Waals surface area (Å²) in [5, 5.41) is 1.23. The van der Waals surface area contributed by atoms with Gasteiger partial charge in [0, 0.05) is 58.4 Å². The Hall–Kier alpha value is -3.34. The van der Waals surface area contributed by atoms with Crippen molar-refractivity contribution in [3.63, 3.8) is 0 Å². The Morgan fingerprint density at radius 2 is 1.48 bits per heavy atom. The highest BCUT2D eigenvalue weighted by Gasteiger charge is 2.23. The van der Waals surface area contributed by atoms with Crippen molar-refractivity contribution in [1.29, 1.82) is 0 Å². The number of benzene rings is 2. The lowest BCUT2D eigenvalue weighted by molar-refractivity contribution is 0.679. The lowest BCUT2D eigenvalue weighted by Crippen LogP contribution is -2.11. The van der Waals surface area contributed by atoms with Gasteiger partial charge in [-0.05, 0) is 46.5 Å². The van der Waals surface area contributed by atoms with E-state index >= 15 is 0 Å². The number of hydrogen-bond donors (Lipinski definition) is 1. The molecule has 0 aliphatic rings. The van der Waals surface area contributed by atoms with Crippen LogP contribution in [0.25, 0.3) is 22.3 Å². The number of hydrogen-bond acceptors (Lipinski definition) is 2. The first kappa shape index (κ1) is 19.6. The van der Waals surface area contributed by atoms with Gasteiger partial charge in [0.2, 0.25) is 0 Å². The van der Waals surface area contributed by atoms with Crippen LogP contribution in [0.4, 0.5) is 0 Å². The molecule has 0 aliphatic heterocycles. The van der Waals surface area contributed by atoms with E-state index in [1.165, 1.54) is 0 Å². The fraction of sp³-hybridized carbons (Fsp3) is 0.0400. The molecular weight excluding hydrogens is 427 g/mol. The normalized spacial score (nSPS) is 12.1. The van der Waals surface area contributed by atoms with Gasteiger partial charge in [-0.25, -0.2) is 4.98 Å². The molecule has 0 fully saturated rings. The molecule has 6 heteroatoms. The fourth-order valence-corrected chi connectivity index (χ4v) is 4.38. The van der Waals surface area contributed by atoms with Gasteiger partial charge in [-0.3, -0.25) is 4.98 Å². The smallest absolute Gasteiger partial charge is 0.0954 e. The average molecular weight is 445 g/mol. The molecule has 3 heterocycles. The lowest BCUT2D eigenvalue weighted by Gasteiger charge is -2.21. The molecular formula is C25H18Cl2N4. The van der Waals surface area contributed by atoms with Gasteiger partial charge in [-0.1, -0.05) is 53.5 Å². The molecule has 1 unspecified atom stereocenters. The third-order valence-corrected chi connectivity index (χ3v) is 5.92. The molecule has 0 spiro atoms. The van der Waals surface area contributed by atoms with E-state index in [2.05, 4.69) is 39.2 Å². The maximum absolute atomic E-state index is 6.61. The molecule has 1 N–H and O–H groups in total. The van der Waals surface area contributed by atoms with Crippen LogP contribution in [0.15, 0.2) is 98.1 Å². The number of pyridine rings is 1. The van der Waals surface area contributed by atoms with Gasteiger partial charge in [-0.15, -0.1) is 0 Å². The number of nitrogens with one attached hydrogen (secondary N) is 1. The number of halogens is 2. The zero-order chi connectivity index (χ0) is 21.2. The summed E-state index contributed by atoms with van der Waals surface area (Å²) in [6.07, 6.45) is 13.2. The van der Waals surface area contributed by atoms with E-state index in [1.807, 2.05) is 47.4 Å². The molecule has 4 nitrogen and oxygen atoms in total. The van der Waals surface area contributed by atoms with Crippen LogP contribution < -0.4 is 0 Å². The summed E-state index contributed by atoms with van der Waals surface area (Å²) < 4.78 is 2.05. The minimum atomic E-state index is -0.145. The van der Waals surface area contributed by atoms with E-state index in [9.17, 15) is 0 Å². The summed E-state index contributed by atoms with van der Waals surface area (Å²) >= 11 is 12.8. The van der Waals surface area contributed by atoms with E-state index in [1.54, 1.807) is 31.0 Å². The molecule has 1 atom stereocenters. The molecule has 0 aliphatic carbocycles. The van der Waals surface area contributed by atoms with Crippen molar-refractivity contribution in [1.82, 2.24) is 19.5 Å². The van der Waals surface area contributed by atoms with Crippen molar-refractivity contribution in [3.05, 3.63) is 119 Å². The highest BCUT2D eigenvalue weighted by Crippen LogP contribution is 2.38. The maximum atomic E-state index is 6.61. The molecule has 2 aromatic carbocycles. The third kappa shape index (κ3) is 3.88. The summed E-state index contributed by atoms with van der Waals surface area (Å²) in [7, 11) is 0. The average Bonchev–Trinajstić information content (AvgIpc) is 3.49. The van der Waals surface area contributed by atoms with Crippen molar-refractivity contribution in [2.75, 3.05) is 0 Å². The van der Waals surface area contributed by atoms with Crippen LogP contribution in [0.1, 0.15) is 17.2 Å². The Labute approximate surface area is 190 Å². The quantitative estimate of drug-likeness (QED) is 0.320. The number of imidazole rings is 1. The SMILES string of the molecule is Clc1ccc(C(c2c[nH]cc2-c2ccc(-c3ccncc3)cc2)n2ccnc2)c(Cl)c1. The predicted molar refractivity (Wildman–Crippen MR) is 125 cm³/mol. The van der Waals surface area contributed by atoms with Gasteiger partial charge in [0.15, 0.2) is 0 Å². The molecule has 0 radical (unpaired) electrons. The second kappa shape index (κ2) is 8.42. The minimum absolute atomic E-state index is 0.145. The molecule has 31 heavy (non-hydrogen) atoms. The molecule has 5 aromatic rings. The molecule has 152 valence electrons. The lowest BCUT2D eigenvalue weighted by atomic mass is 9.93. The summed E-state index contributed by atoms with van der Waals surface area (Å²) in [6, 6.07) is 18.0. The van der Waals surface area contributed by atoms with Gasteiger partial charge in [0.25, 0.3) is 0 Å². The number of aromatic nitrogens is 4. The Morgan fingerprint density at radius 1 is 0.742 bits per heavy atom. The van der Waals surface area contributed by atoms with Crippen molar-refractivity contribution in [2.24, 2.45) is 0 Å². The molecule has 0 saturated carbocycles. The molecule has 3 aromatic heterocycles. The van der Waals surface area contributed by atoms with Crippen LogP contribution >= 0.6 is 23.2 Å². The van der Waals surface area contributed by atoms with Crippen LogP contribution in [-0.2, 0) is 0 Å². The monoisotopic (exact) mass is 444 g/mol. The van der Waals surface area contributed by atoms with E-state index in [-0.39, 0.29) is 6.04 Å². The largest absolute Gasteiger partial charge is 0.367 e. The summed E-state index contributed by atoms with van der Waals surface area (Å²) in [6.45, 7) is 0. The van der Waals surface area contributed by atoms with Crippen molar-refractivity contribution < 1.29 is 0 Å². The maximum Gasteiger partial charge on any atom is 0.0954 e. The first-order chi connectivity index (χ1) is 15.2. The topological polar surface area (TPSA) is 46.5 Å². The summed E-state index contributed by atoms with van der Waals surface area (Å²) in [5.41, 5.74) is 6.56. The molecule has 0 amide bonds. The summed E-state index contributed by atoms with van der Waals surface area (Å²) in [4.78, 5) is 11.6. The second-order valence-electron chi connectivity index (χ2n) is 7.22. The molecule has 5 rings (SSSR count). The van der Waals surface area contributed by atoms with Gasteiger partial charge >= 0.3 is 0 Å². The Bertz CT molecular complexity index is 1290. The minimum Gasteiger partial charge on any atom is -0.367 e. The van der Waals surface area contributed by atoms with E-state index < -0.39 is 0 Å². The van der Waals surface area contributed by atoms with Crippen molar-refractivity contribution in [3.8, 4) is 22.3 Å². The van der Waals surface area contributed by atoms with Crippen LogP contribution in [0.5, 0.6) is 0 Å². The van der Waals surface area contributed by atoms with Gasteiger partial charge in [-0.2, -0.15) is 0 Å². The third-order valence-electron chi connectivity index (χ3n) is 5.36. The first-order valence-electron chi connectivity index (χ1n) is 9.80. The zero-order valence-electron chi connectivity index (χ0n) is 16.4. The standard InChI is InChI=1S/C25H18Cl2N4/c26-20-5-6-21(24(27)13-20)25(31-12-11-29-16-31)23-15-30-14-22(23)19-3-1-17(2-4-19)18-7-9-28-10-8-18/h1-16,25,30H. The van der Waals surface area contributed by atoms with E-state index in [4.69, 9.17) is 23.2 Å². The molecule has 0 bridgehead atoms. The number of nitrogens with zero attached hydrogens (tertiary/aromatic N) is 3. The first-order valence-corrected chi connectivity index (χ1v) is 10.6. The zero-order valence-corrected chi connectivity index (χ0v) is 17.9. The van der Waals surface area contributed by atoms with Crippen molar-refractivity contribution >= 4 is 23.2 Å². The van der Waals surface area contributed by atoms with Crippen LogP contribution in [0.2, 0.25) is 10.0 Å². The highest BCUT2D eigenvalue weighted by molar-refractivity contribution is 6.35. The van der Waals surface area contributed by atoms with E-state index in [0.29, 0.717) is 10.0 Å². The van der Waals surface area contributed by atoms with Gasteiger partial charge < -0.3 is 9.55 Å². The Balaban J connectivity index is 1.59. The molecule has 0 saturated heterocycles. The Morgan fingerprint density at radius 3 is 2.19 bits per heavy atom. The van der Waals surface area contributed by atoms with Crippen LogP contribution in [0.3, 0.4) is 0 Å². The second-order valence-corrected chi connectivity index (χ2v) is 8.06. The van der Waals surface area contributed by atoms with Gasteiger partial charge in [0.05, 0.1) is 12.4 Å². The number of aromatic amines is 1. The fourth-order valence-electron chi connectivity index (χ4n) is 3.87. The van der Waals surface area contributed by atoms with E-state index in [0.717, 1.165) is 33.4 Å². The summed E-state index contributed by atoms with van der Waals surface area (Å²) in [5.74, 6) is 0. The van der Waals surface area contributed by atoms with Gasteiger partial charge in [0.1, 0.15) is 0 Å². The van der Waals surface area contributed by atoms with Crippen LogP contribution in [0, 0.1) is 0 Å².